The van der Waals surface area contributed by atoms with Gasteiger partial charge in [-0.3, -0.25) is 0 Å². The average Bonchev–Trinajstić information content (AvgIpc) is 2.89. The first-order valence-corrected chi connectivity index (χ1v) is 11.4. The molecule has 2 unspecified atom stereocenters. The summed E-state index contributed by atoms with van der Waals surface area (Å²) in [5, 5.41) is 2.52. The first-order valence-electron chi connectivity index (χ1n) is 9.55. The third kappa shape index (κ3) is 5.45. The molecule has 1 aromatic carbocycles. The van der Waals surface area contributed by atoms with Gasteiger partial charge < -0.3 is 9.47 Å². The van der Waals surface area contributed by atoms with E-state index in [1.165, 1.54) is 10.8 Å². The maximum Gasteiger partial charge on any atom is 0.698 e. The van der Waals surface area contributed by atoms with Crippen LogP contribution in [0, 0.1) is 0 Å². The number of benzene rings is 1. The number of aryl methyl sites for hydroxylation is 1. The van der Waals surface area contributed by atoms with Gasteiger partial charge in [-0.2, -0.15) is 0 Å². The fourth-order valence-corrected chi connectivity index (χ4v) is 5.31. The molecule has 1 aromatic heterocycles. The third-order valence-electron chi connectivity index (χ3n) is 4.96. The predicted molar refractivity (Wildman–Crippen MR) is 121 cm³/mol. The first kappa shape index (κ1) is 25.3. The molecule has 0 bridgehead atoms. The van der Waals surface area contributed by atoms with Gasteiger partial charge in [0.1, 0.15) is 30.5 Å². The maximum absolute atomic E-state index is 11.7. The van der Waals surface area contributed by atoms with E-state index in [4.69, 9.17) is 18.5 Å². The number of hydrogen-bond donors (Lipinski definition) is 0. The first-order chi connectivity index (χ1) is 13.3. The Morgan fingerprint density at radius 1 is 0.933 bits per heavy atom. The van der Waals surface area contributed by atoms with Crippen molar-refractivity contribution in [3.8, 4) is 0 Å². The van der Waals surface area contributed by atoms with Crippen molar-refractivity contribution in [3.63, 3.8) is 0 Å². The Morgan fingerprint density at radius 3 is 1.97 bits per heavy atom. The molecule has 4 rings (SSSR count). The van der Waals surface area contributed by atoms with Gasteiger partial charge in [0.05, 0.1) is 4.47 Å². The minimum atomic E-state index is -2.16. The zero-order valence-electron chi connectivity index (χ0n) is 17.9. The molecule has 30 heavy (non-hydrogen) atoms. The van der Waals surface area contributed by atoms with Crippen molar-refractivity contribution in [2.24, 2.45) is 7.05 Å². The van der Waals surface area contributed by atoms with E-state index in [1.54, 1.807) is 0 Å². The van der Waals surface area contributed by atoms with Crippen molar-refractivity contribution >= 4 is 35.0 Å². The van der Waals surface area contributed by atoms with Crippen molar-refractivity contribution in [1.29, 1.82) is 0 Å². The summed E-state index contributed by atoms with van der Waals surface area (Å²) in [6.07, 6.45) is 3.55. The van der Waals surface area contributed by atoms with E-state index >= 15 is 0 Å². The van der Waals surface area contributed by atoms with Crippen LogP contribution in [0.2, 0.25) is 0 Å². The Hall–Kier alpha value is -0.950. The zero-order valence-corrected chi connectivity index (χ0v) is 20.4. The van der Waals surface area contributed by atoms with Gasteiger partial charge in [0.15, 0.2) is 18.2 Å². The molecule has 0 aliphatic carbocycles. The number of ether oxygens (including phenoxy) is 2. The van der Waals surface area contributed by atoms with Crippen LogP contribution in [0.5, 0.6) is 0 Å². The SMILES string of the molecule is C.CC1(C)OC2C(O1)C(C)(C)O[P+](=O)OC2(C)C.C[n+]1cc(Br)c2ccccc2c1. The van der Waals surface area contributed by atoms with Crippen LogP contribution in [0.1, 0.15) is 49.0 Å². The summed E-state index contributed by atoms with van der Waals surface area (Å²) in [7, 11) is -0.135. The molecule has 3 heterocycles. The number of halogens is 1. The monoisotopic (exact) mass is 501 g/mol. The van der Waals surface area contributed by atoms with Gasteiger partial charge >= 0.3 is 8.25 Å². The van der Waals surface area contributed by atoms with Crippen LogP contribution in [0.4, 0.5) is 0 Å². The Balaban J connectivity index is 0.000000218. The van der Waals surface area contributed by atoms with Gasteiger partial charge in [-0.1, -0.05) is 25.6 Å². The van der Waals surface area contributed by atoms with Crippen LogP contribution in [0.15, 0.2) is 41.1 Å². The quantitative estimate of drug-likeness (QED) is 0.335. The lowest BCUT2D eigenvalue weighted by Gasteiger charge is -2.29. The lowest BCUT2D eigenvalue weighted by molar-refractivity contribution is -0.670. The molecule has 0 spiro atoms. The molecule has 166 valence electrons. The average molecular weight is 502 g/mol. The molecule has 2 aliphatic rings. The van der Waals surface area contributed by atoms with Gasteiger partial charge in [0.2, 0.25) is 0 Å². The third-order valence-corrected chi connectivity index (χ3v) is 6.84. The number of fused-ring (bicyclic) bond motifs is 2. The number of hydrogen-bond acceptors (Lipinski definition) is 5. The molecule has 2 saturated heterocycles. The van der Waals surface area contributed by atoms with Crippen molar-refractivity contribution in [2.45, 2.75) is 78.2 Å². The molecule has 6 nitrogen and oxygen atoms in total. The Labute approximate surface area is 188 Å². The highest BCUT2D eigenvalue weighted by Gasteiger charge is 2.63. The highest BCUT2D eigenvalue weighted by Crippen LogP contribution is 2.50. The second-order valence-corrected chi connectivity index (χ2v) is 10.6. The summed E-state index contributed by atoms with van der Waals surface area (Å²) in [6, 6.07) is 8.32. The summed E-state index contributed by atoms with van der Waals surface area (Å²) < 4.78 is 37.5. The smallest absolute Gasteiger partial charge is 0.341 e. The van der Waals surface area contributed by atoms with E-state index < -0.39 is 25.2 Å². The van der Waals surface area contributed by atoms with Crippen LogP contribution in [0.3, 0.4) is 0 Å². The fourth-order valence-electron chi connectivity index (χ4n) is 3.61. The summed E-state index contributed by atoms with van der Waals surface area (Å²) in [5.41, 5.74) is -1.42. The molecule has 2 atom stereocenters. The number of nitrogens with zero attached hydrogens (tertiary/aromatic N) is 1. The molecule has 0 radical (unpaired) electrons. The molecular weight excluding hydrogens is 469 g/mol. The van der Waals surface area contributed by atoms with E-state index in [0.717, 1.165) is 4.47 Å². The minimum Gasteiger partial charge on any atom is -0.341 e. The Kier molecular flexibility index (Phi) is 7.50. The lowest BCUT2D eigenvalue weighted by Crippen LogP contribution is -2.50. The fraction of sp³-hybridized carbons (Fsp3) is 0.591. The Bertz CT molecular complexity index is 901. The van der Waals surface area contributed by atoms with E-state index in [-0.39, 0.29) is 19.6 Å². The van der Waals surface area contributed by atoms with Crippen LogP contribution in [-0.2, 0) is 30.1 Å². The van der Waals surface area contributed by atoms with E-state index in [9.17, 15) is 4.57 Å². The summed E-state index contributed by atoms with van der Waals surface area (Å²) in [4.78, 5) is 0. The maximum atomic E-state index is 11.7. The second-order valence-electron chi connectivity index (χ2n) is 8.95. The molecule has 0 saturated carbocycles. The Morgan fingerprint density at radius 2 is 1.43 bits per heavy atom. The van der Waals surface area contributed by atoms with Crippen LogP contribution in [-0.4, -0.2) is 29.2 Å². The highest BCUT2D eigenvalue weighted by atomic mass is 79.9. The van der Waals surface area contributed by atoms with Crippen molar-refractivity contribution in [2.75, 3.05) is 0 Å². The molecule has 0 amide bonds. The van der Waals surface area contributed by atoms with Crippen molar-refractivity contribution < 1.29 is 27.7 Å². The van der Waals surface area contributed by atoms with Gasteiger partial charge in [0.25, 0.3) is 0 Å². The molecular formula is C22H33BrNO5P+2. The summed E-state index contributed by atoms with van der Waals surface area (Å²) >= 11 is 3.53. The number of rotatable bonds is 0. The number of aromatic nitrogens is 1. The topological polar surface area (TPSA) is 57.9 Å². The molecule has 0 N–H and O–H groups in total. The standard InChI is InChI=1S/C11H20O5P.C10H9BrN.CH4/c1-9(2)7-8(14-11(5,6)13-7)10(3,4)16-17(12)15-9;1-12-6-8-4-2-3-5-9(8)10(11)7-12;/h7-8H,1-6H3;2-7H,1H3;1H4/q2*+1;. The van der Waals surface area contributed by atoms with E-state index in [0.29, 0.717) is 0 Å². The minimum absolute atomic E-state index is 0. The summed E-state index contributed by atoms with van der Waals surface area (Å²) in [6.45, 7) is 11.1. The normalized spacial score (nSPS) is 27.3. The van der Waals surface area contributed by atoms with Crippen LogP contribution >= 0.6 is 24.2 Å². The molecule has 8 heteroatoms. The van der Waals surface area contributed by atoms with Crippen molar-refractivity contribution in [3.05, 3.63) is 41.1 Å². The zero-order chi connectivity index (χ0) is 21.6. The van der Waals surface area contributed by atoms with Crippen LogP contribution in [0.25, 0.3) is 10.8 Å². The lowest BCUT2D eigenvalue weighted by atomic mass is 9.88. The van der Waals surface area contributed by atoms with Gasteiger partial charge in [-0.25, -0.2) is 4.57 Å². The van der Waals surface area contributed by atoms with Crippen LogP contribution < -0.4 is 4.57 Å². The summed E-state index contributed by atoms with van der Waals surface area (Å²) in [5.74, 6) is -0.681. The van der Waals surface area contributed by atoms with E-state index in [1.807, 2.05) is 59.2 Å². The second kappa shape index (κ2) is 8.89. The molecule has 2 fully saturated rings. The van der Waals surface area contributed by atoms with Gasteiger partial charge in [-0.05, 0) is 63.5 Å². The number of pyridine rings is 1. The highest BCUT2D eigenvalue weighted by molar-refractivity contribution is 9.10. The molecule has 2 aromatic rings. The van der Waals surface area contributed by atoms with Crippen molar-refractivity contribution in [1.82, 2.24) is 0 Å². The largest absolute Gasteiger partial charge is 0.698 e. The van der Waals surface area contributed by atoms with Gasteiger partial charge in [0, 0.05) is 15.3 Å². The van der Waals surface area contributed by atoms with Gasteiger partial charge in [-0.15, -0.1) is 9.05 Å². The molecule has 2 aliphatic heterocycles. The van der Waals surface area contributed by atoms with E-state index in [2.05, 4.69) is 46.5 Å². The predicted octanol–water partition coefficient (Wildman–Crippen LogP) is 5.83.